The lowest BCUT2D eigenvalue weighted by Crippen LogP contribution is -2.64. The first kappa shape index (κ1) is 23.1. The van der Waals surface area contributed by atoms with Crippen LogP contribution in [0.15, 0.2) is 0 Å². The minimum Gasteiger partial charge on any atom is -0.390 e. The molecule has 0 aromatic heterocycles. The largest absolute Gasteiger partial charge is 0.390 e. The van der Waals surface area contributed by atoms with Gasteiger partial charge in [0.2, 0.25) is 5.91 Å². The van der Waals surface area contributed by atoms with Gasteiger partial charge in [0.25, 0.3) is 0 Å². The number of hydrogen-bond donors (Lipinski definition) is 3. The summed E-state index contributed by atoms with van der Waals surface area (Å²) in [6.45, 7) is 9.24. The molecule has 2 unspecified atom stereocenters. The number of amides is 1. The highest BCUT2D eigenvalue weighted by atomic mass is 16.3. The molecule has 4 rings (SSSR count). The fourth-order valence-electron chi connectivity index (χ4n) is 6.08. The molecular formula is C22H40N4O2. The summed E-state index contributed by atoms with van der Waals surface area (Å²) in [5, 5.41) is 23.0. The van der Waals surface area contributed by atoms with E-state index < -0.39 is 11.6 Å². The van der Waals surface area contributed by atoms with Crippen LogP contribution in [-0.2, 0) is 4.79 Å². The minimum atomic E-state index is -0.604. The topological polar surface area (TPSA) is 102 Å². The molecule has 0 heterocycles. The fraction of sp³-hybridized carbons (Fsp3) is 0.909. The average Bonchev–Trinajstić information content (AvgIpc) is 2.63. The molecule has 4 saturated carbocycles. The molecule has 4 fully saturated rings. The second-order valence-corrected chi connectivity index (χ2v) is 9.30. The Morgan fingerprint density at radius 2 is 1.89 bits per heavy atom. The highest BCUT2D eigenvalue weighted by molar-refractivity contribution is 5.83. The maximum Gasteiger partial charge on any atom is 0.240 e. The Hall–Kier alpha value is -1.16. The Bertz CT molecular complexity index is 541. The zero-order chi connectivity index (χ0) is 20.8. The van der Waals surface area contributed by atoms with E-state index in [9.17, 15) is 9.90 Å². The van der Waals surface area contributed by atoms with Crippen LogP contribution in [0.3, 0.4) is 0 Å². The van der Waals surface area contributed by atoms with E-state index in [2.05, 4.69) is 25.2 Å². The third-order valence-corrected chi connectivity index (χ3v) is 6.74. The van der Waals surface area contributed by atoms with Crippen molar-refractivity contribution in [3.05, 3.63) is 0 Å². The van der Waals surface area contributed by atoms with E-state index in [1.54, 1.807) is 4.90 Å². The molecule has 0 saturated heterocycles. The molecule has 1 amide bonds. The van der Waals surface area contributed by atoms with Gasteiger partial charge in [0.15, 0.2) is 0 Å². The van der Waals surface area contributed by atoms with Gasteiger partial charge >= 0.3 is 0 Å². The number of nitrogens with two attached hydrogens (primary N) is 1. The van der Waals surface area contributed by atoms with E-state index in [1.807, 2.05) is 6.92 Å². The number of carbonyl (C=O) groups excluding carboxylic acids is 1. The summed E-state index contributed by atoms with van der Waals surface area (Å²) in [4.78, 5) is 14.4. The standard InChI is InChI=1S/C17H27N3O2.C5H13N/c1-2-4-20(5-3-18)15(21)14(19)16-7-12-6-13(8-16)10-17(22,9-12)11-16;1-3-5-6-4-2/h12-14,22H,2,4-11,19H2,1H3;6H,3-5H2,1-2H3/t12?,13?,14-,16?,17?;/m1./s1. The smallest absolute Gasteiger partial charge is 0.240 e. The van der Waals surface area contributed by atoms with Crippen molar-refractivity contribution >= 4 is 5.91 Å². The molecule has 0 aromatic carbocycles. The summed E-state index contributed by atoms with van der Waals surface area (Å²) in [5.41, 5.74) is 5.57. The van der Waals surface area contributed by atoms with Crippen LogP contribution in [0.5, 0.6) is 0 Å². The van der Waals surface area contributed by atoms with Gasteiger partial charge in [-0.1, -0.05) is 20.8 Å². The molecule has 0 aromatic rings. The molecule has 4 aliphatic carbocycles. The second kappa shape index (κ2) is 10.0. The first-order valence-electron chi connectivity index (χ1n) is 11.2. The number of aliphatic hydroxyl groups is 1. The van der Waals surface area contributed by atoms with Gasteiger partial charge in [0, 0.05) is 6.54 Å². The highest BCUT2D eigenvalue weighted by Crippen LogP contribution is 2.62. The van der Waals surface area contributed by atoms with Crippen molar-refractivity contribution in [1.29, 1.82) is 5.26 Å². The third kappa shape index (κ3) is 5.25. The molecule has 4 bridgehead atoms. The molecule has 4 aliphatic rings. The first-order valence-corrected chi connectivity index (χ1v) is 11.2. The quantitative estimate of drug-likeness (QED) is 0.435. The Morgan fingerprint density at radius 3 is 2.32 bits per heavy atom. The van der Waals surface area contributed by atoms with E-state index in [4.69, 9.17) is 11.0 Å². The van der Waals surface area contributed by atoms with E-state index >= 15 is 0 Å². The summed E-state index contributed by atoms with van der Waals surface area (Å²) >= 11 is 0. The van der Waals surface area contributed by atoms with Crippen molar-refractivity contribution < 1.29 is 9.90 Å². The van der Waals surface area contributed by atoms with Gasteiger partial charge in [-0.05, 0) is 81.7 Å². The van der Waals surface area contributed by atoms with Crippen molar-refractivity contribution in [1.82, 2.24) is 10.2 Å². The molecule has 0 spiro atoms. The summed E-state index contributed by atoms with van der Waals surface area (Å²) < 4.78 is 0. The molecule has 160 valence electrons. The van der Waals surface area contributed by atoms with Crippen LogP contribution in [0.1, 0.15) is 72.1 Å². The Balaban J connectivity index is 0.000000409. The lowest BCUT2D eigenvalue weighted by atomic mass is 9.46. The Kier molecular flexibility index (Phi) is 8.30. The van der Waals surface area contributed by atoms with E-state index in [1.165, 1.54) is 12.8 Å². The van der Waals surface area contributed by atoms with Crippen LogP contribution >= 0.6 is 0 Å². The van der Waals surface area contributed by atoms with Crippen LogP contribution in [-0.4, -0.2) is 53.7 Å². The molecule has 6 nitrogen and oxygen atoms in total. The van der Waals surface area contributed by atoms with Gasteiger partial charge in [-0.15, -0.1) is 0 Å². The van der Waals surface area contributed by atoms with Gasteiger partial charge in [-0.2, -0.15) is 5.26 Å². The molecule has 28 heavy (non-hydrogen) atoms. The number of hydrogen-bond acceptors (Lipinski definition) is 5. The molecule has 0 radical (unpaired) electrons. The lowest BCUT2D eigenvalue weighted by Gasteiger charge is -2.61. The van der Waals surface area contributed by atoms with Gasteiger partial charge in [-0.25, -0.2) is 0 Å². The number of nitriles is 1. The van der Waals surface area contributed by atoms with Crippen molar-refractivity contribution in [3.8, 4) is 6.07 Å². The molecule has 6 heteroatoms. The highest BCUT2D eigenvalue weighted by Gasteiger charge is 2.60. The lowest BCUT2D eigenvalue weighted by molar-refractivity contribution is -0.177. The number of rotatable bonds is 8. The van der Waals surface area contributed by atoms with Gasteiger partial charge in [-0.3, -0.25) is 4.79 Å². The van der Waals surface area contributed by atoms with Gasteiger partial charge < -0.3 is 21.1 Å². The predicted octanol–water partition coefficient (Wildman–Crippen LogP) is 2.41. The zero-order valence-corrected chi connectivity index (χ0v) is 18.0. The fourth-order valence-corrected chi connectivity index (χ4v) is 6.08. The molecular weight excluding hydrogens is 352 g/mol. The van der Waals surface area contributed by atoms with Crippen LogP contribution in [0.2, 0.25) is 0 Å². The summed E-state index contributed by atoms with van der Waals surface area (Å²) in [5.74, 6) is 0.926. The minimum absolute atomic E-state index is 0.103. The molecule has 0 aliphatic heterocycles. The van der Waals surface area contributed by atoms with Crippen molar-refractivity contribution in [2.75, 3.05) is 26.2 Å². The summed E-state index contributed by atoms with van der Waals surface area (Å²) in [6.07, 6.45) is 7.59. The number of nitrogens with one attached hydrogen (secondary N) is 1. The van der Waals surface area contributed by atoms with E-state index in [-0.39, 0.29) is 17.9 Å². The van der Waals surface area contributed by atoms with Crippen molar-refractivity contribution in [2.24, 2.45) is 23.0 Å². The van der Waals surface area contributed by atoms with Crippen LogP contribution < -0.4 is 11.1 Å². The SMILES string of the molecule is CCCN(CC#N)C(=O)[C@@H](N)C12CC3CC(CC(O)(C3)C1)C2.CCCNCC. The average molecular weight is 393 g/mol. The normalized spacial score (nSPS) is 33.6. The van der Waals surface area contributed by atoms with E-state index in [0.717, 1.165) is 45.2 Å². The van der Waals surface area contributed by atoms with Gasteiger partial charge in [0.05, 0.1) is 17.7 Å². The van der Waals surface area contributed by atoms with Crippen LogP contribution in [0, 0.1) is 28.6 Å². The maximum atomic E-state index is 12.8. The van der Waals surface area contributed by atoms with Gasteiger partial charge in [0.1, 0.15) is 6.54 Å². The molecule has 3 atom stereocenters. The third-order valence-electron chi connectivity index (χ3n) is 6.74. The summed E-state index contributed by atoms with van der Waals surface area (Å²) in [7, 11) is 0. The number of nitrogens with zero attached hydrogens (tertiary/aromatic N) is 2. The van der Waals surface area contributed by atoms with E-state index in [0.29, 0.717) is 24.8 Å². The summed E-state index contributed by atoms with van der Waals surface area (Å²) in [6, 6.07) is 1.49. The second-order valence-electron chi connectivity index (χ2n) is 9.30. The van der Waals surface area contributed by atoms with Crippen molar-refractivity contribution in [3.63, 3.8) is 0 Å². The Labute approximate surface area is 170 Å². The predicted molar refractivity (Wildman–Crippen MR) is 111 cm³/mol. The first-order chi connectivity index (χ1) is 13.3. The zero-order valence-electron chi connectivity index (χ0n) is 18.0. The number of carbonyl (C=O) groups is 1. The van der Waals surface area contributed by atoms with Crippen molar-refractivity contribution in [2.45, 2.75) is 83.8 Å². The molecule has 4 N–H and O–H groups in total. The maximum absolute atomic E-state index is 12.8. The van der Waals surface area contributed by atoms with Crippen LogP contribution in [0.25, 0.3) is 0 Å². The van der Waals surface area contributed by atoms with Crippen LogP contribution in [0.4, 0.5) is 0 Å². The Morgan fingerprint density at radius 1 is 1.25 bits per heavy atom. The monoisotopic (exact) mass is 392 g/mol.